The number of H-pyrrole nitrogens is 1. The highest BCUT2D eigenvalue weighted by molar-refractivity contribution is 9.10. The van der Waals surface area contributed by atoms with Gasteiger partial charge in [0.25, 0.3) is 0 Å². The smallest absolute Gasteiger partial charge is 0.170 e. The van der Waals surface area contributed by atoms with E-state index in [1.54, 1.807) is 26.5 Å². The maximum atomic E-state index is 9.89. The average molecular weight is 458 g/mol. The fourth-order valence-corrected chi connectivity index (χ4v) is 3.81. The second-order valence-corrected chi connectivity index (χ2v) is 7.43. The molecule has 7 nitrogen and oxygen atoms in total. The maximum Gasteiger partial charge on any atom is 0.170 e. The summed E-state index contributed by atoms with van der Waals surface area (Å²) in [5.41, 5.74) is 3.17. The molecule has 0 amide bonds. The summed E-state index contributed by atoms with van der Waals surface area (Å²) in [6.07, 6.45) is 1.74. The van der Waals surface area contributed by atoms with Crippen molar-refractivity contribution in [3.05, 3.63) is 40.5 Å². The highest BCUT2D eigenvalue weighted by Crippen LogP contribution is 2.45. The number of aromatic hydroxyl groups is 1. The minimum Gasteiger partial charge on any atom is -0.507 e. The van der Waals surface area contributed by atoms with Crippen molar-refractivity contribution < 1.29 is 19.3 Å². The van der Waals surface area contributed by atoms with Crippen LogP contribution in [0.3, 0.4) is 0 Å². The van der Waals surface area contributed by atoms with Crippen LogP contribution in [0, 0.1) is 6.92 Å². The van der Waals surface area contributed by atoms with Crippen LogP contribution in [0.15, 0.2) is 34.9 Å². The monoisotopic (exact) mass is 457 g/mol. The Morgan fingerprint density at radius 3 is 2.66 bits per heavy atom. The molecule has 0 saturated carbocycles. The molecule has 0 bridgehead atoms. The van der Waals surface area contributed by atoms with E-state index in [4.69, 9.17) is 19.2 Å². The van der Waals surface area contributed by atoms with Gasteiger partial charge in [-0.15, -0.1) is 0 Å². The highest BCUT2D eigenvalue weighted by atomic mass is 79.9. The molecule has 29 heavy (non-hydrogen) atoms. The first-order chi connectivity index (χ1) is 14.0. The van der Waals surface area contributed by atoms with Gasteiger partial charge in [0.15, 0.2) is 17.1 Å². The number of aromatic amines is 1. The molecule has 2 N–H and O–H groups in total. The molecular formula is C21H20BrN3O4. The molecular weight excluding hydrogens is 438 g/mol. The first-order valence-electron chi connectivity index (χ1n) is 9.00. The van der Waals surface area contributed by atoms with Crippen molar-refractivity contribution in [2.75, 3.05) is 27.4 Å². The lowest BCUT2D eigenvalue weighted by atomic mass is 9.98. The van der Waals surface area contributed by atoms with E-state index in [1.165, 1.54) is 0 Å². The summed E-state index contributed by atoms with van der Waals surface area (Å²) in [6.45, 7) is 2.81. The number of nitrogens with zero attached hydrogens (tertiary/aromatic N) is 2. The van der Waals surface area contributed by atoms with Gasteiger partial charge in [0.2, 0.25) is 0 Å². The summed E-state index contributed by atoms with van der Waals surface area (Å²) in [5.74, 6) is 1.47. The van der Waals surface area contributed by atoms with Crippen molar-refractivity contribution in [3.8, 4) is 28.5 Å². The minimum absolute atomic E-state index is 0.169. The molecule has 4 aromatic rings. The molecule has 0 fully saturated rings. The second kappa shape index (κ2) is 7.88. The number of halogens is 1. The predicted molar refractivity (Wildman–Crippen MR) is 115 cm³/mol. The van der Waals surface area contributed by atoms with Gasteiger partial charge in [-0.3, -0.25) is 5.10 Å². The molecule has 2 aromatic carbocycles. The number of rotatable bonds is 6. The van der Waals surface area contributed by atoms with Crippen LogP contribution < -0.4 is 9.47 Å². The lowest BCUT2D eigenvalue weighted by molar-refractivity contribution is 0.145. The van der Waals surface area contributed by atoms with Crippen molar-refractivity contribution in [2.24, 2.45) is 0 Å². The molecule has 2 heterocycles. The zero-order chi connectivity index (χ0) is 20.5. The Hall–Kier alpha value is -2.84. The number of fused-ring (bicyclic) bond motifs is 3. The van der Waals surface area contributed by atoms with Gasteiger partial charge in [-0.1, -0.05) is 0 Å². The fraction of sp³-hybridized carbons (Fsp3) is 0.238. The van der Waals surface area contributed by atoms with Crippen LogP contribution in [0.5, 0.6) is 17.2 Å². The van der Waals surface area contributed by atoms with Crippen LogP contribution >= 0.6 is 15.9 Å². The number of nitrogens with one attached hydrogen (secondary N) is 1. The Bertz CT molecular complexity index is 1210. The first-order valence-corrected chi connectivity index (χ1v) is 9.79. The van der Waals surface area contributed by atoms with Crippen molar-refractivity contribution >= 4 is 37.7 Å². The maximum absolute atomic E-state index is 9.89. The number of aryl methyl sites for hydroxylation is 1. The lowest BCUT2D eigenvalue weighted by Crippen LogP contribution is -2.07. The number of pyridine rings is 1. The molecule has 0 aliphatic rings. The van der Waals surface area contributed by atoms with Gasteiger partial charge in [0, 0.05) is 23.4 Å². The molecule has 0 aliphatic heterocycles. The van der Waals surface area contributed by atoms with Crippen LogP contribution in [0.25, 0.3) is 33.1 Å². The molecule has 0 spiro atoms. The SMILES string of the molecule is COCCOc1c(OC)c(C)cc2c(-c3ccc(O)c(Br)c3)nc3[nH]ncc3c12. The number of aromatic nitrogens is 3. The predicted octanol–water partition coefficient (Wildman–Crippen LogP) is 4.59. The van der Waals surface area contributed by atoms with Crippen molar-refractivity contribution in [3.63, 3.8) is 0 Å². The quantitative estimate of drug-likeness (QED) is 0.411. The van der Waals surface area contributed by atoms with Gasteiger partial charge < -0.3 is 19.3 Å². The summed E-state index contributed by atoms with van der Waals surface area (Å²) < 4.78 is 17.5. The van der Waals surface area contributed by atoms with E-state index in [9.17, 15) is 5.11 Å². The van der Waals surface area contributed by atoms with Crippen molar-refractivity contribution in [2.45, 2.75) is 6.92 Å². The van der Waals surface area contributed by atoms with E-state index in [0.717, 1.165) is 33.0 Å². The number of phenols is 1. The fourth-order valence-electron chi connectivity index (χ4n) is 3.44. The molecule has 0 radical (unpaired) electrons. The van der Waals surface area contributed by atoms with Crippen molar-refractivity contribution in [1.29, 1.82) is 0 Å². The molecule has 0 atom stereocenters. The molecule has 8 heteroatoms. The third-order valence-corrected chi connectivity index (χ3v) is 5.38. The topological polar surface area (TPSA) is 89.5 Å². The average Bonchev–Trinajstić information content (AvgIpc) is 3.18. The Morgan fingerprint density at radius 2 is 1.93 bits per heavy atom. The van der Waals surface area contributed by atoms with Gasteiger partial charge >= 0.3 is 0 Å². The zero-order valence-electron chi connectivity index (χ0n) is 16.2. The molecule has 150 valence electrons. The van der Waals surface area contributed by atoms with Crippen LogP contribution in [-0.2, 0) is 4.74 Å². The van der Waals surface area contributed by atoms with Gasteiger partial charge in [-0.25, -0.2) is 4.98 Å². The van der Waals surface area contributed by atoms with Gasteiger partial charge in [-0.05, 0) is 52.7 Å². The Labute approximate surface area is 175 Å². The molecule has 2 aromatic heterocycles. The van der Waals surface area contributed by atoms with Crippen LogP contribution in [-0.4, -0.2) is 47.7 Å². The van der Waals surface area contributed by atoms with Gasteiger partial charge in [0.05, 0.1) is 35.5 Å². The summed E-state index contributed by atoms with van der Waals surface area (Å²) in [7, 11) is 3.26. The summed E-state index contributed by atoms with van der Waals surface area (Å²) >= 11 is 3.39. The van der Waals surface area contributed by atoms with E-state index in [-0.39, 0.29) is 5.75 Å². The minimum atomic E-state index is 0.169. The van der Waals surface area contributed by atoms with E-state index >= 15 is 0 Å². The Morgan fingerprint density at radius 1 is 1.10 bits per heavy atom. The van der Waals surface area contributed by atoms with Crippen molar-refractivity contribution in [1.82, 2.24) is 15.2 Å². The zero-order valence-corrected chi connectivity index (χ0v) is 17.8. The Kier molecular flexibility index (Phi) is 5.29. The van der Waals surface area contributed by atoms with Gasteiger partial charge in [-0.2, -0.15) is 5.10 Å². The summed E-state index contributed by atoms with van der Waals surface area (Å²) in [4.78, 5) is 4.80. The summed E-state index contributed by atoms with van der Waals surface area (Å²) in [6, 6.07) is 7.34. The normalized spacial score (nSPS) is 11.3. The summed E-state index contributed by atoms with van der Waals surface area (Å²) in [5, 5.41) is 19.6. The number of methoxy groups -OCH3 is 2. The van der Waals surface area contributed by atoms with E-state index in [2.05, 4.69) is 26.1 Å². The molecule has 4 rings (SSSR count). The van der Waals surface area contributed by atoms with E-state index in [1.807, 2.05) is 25.1 Å². The third-order valence-electron chi connectivity index (χ3n) is 4.75. The van der Waals surface area contributed by atoms with E-state index < -0.39 is 0 Å². The Balaban J connectivity index is 2.08. The number of ether oxygens (including phenoxy) is 3. The lowest BCUT2D eigenvalue weighted by Gasteiger charge is -2.18. The molecule has 0 saturated heterocycles. The standard InChI is InChI=1S/C21H20BrN3O4/c1-11-8-13-17(20(19(11)28-3)29-7-6-27-2)14-10-23-25-21(14)24-18(13)12-4-5-16(26)15(22)9-12/h4-5,8-10,26H,6-7H2,1-3H3,(H,23,24,25). The highest BCUT2D eigenvalue weighted by Gasteiger charge is 2.21. The van der Waals surface area contributed by atoms with E-state index in [0.29, 0.717) is 34.8 Å². The van der Waals surface area contributed by atoms with Gasteiger partial charge in [0.1, 0.15) is 12.4 Å². The van der Waals surface area contributed by atoms with Crippen LogP contribution in [0.4, 0.5) is 0 Å². The molecule has 0 unspecified atom stereocenters. The largest absolute Gasteiger partial charge is 0.507 e. The molecule has 0 aliphatic carbocycles. The number of hydrogen-bond donors (Lipinski definition) is 2. The van der Waals surface area contributed by atoms with Crippen LogP contribution in [0.1, 0.15) is 5.56 Å². The number of hydrogen-bond acceptors (Lipinski definition) is 6. The third kappa shape index (κ3) is 3.38. The number of benzene rings is 2. The second-order valence-electron chi connectivity index (χ2n) is 6.58. The van der Waals surface area contributed by atoms with Crippen LogP contribution in [0.2, 0.25) is 0 Å². The first kappa shape index (κ1) is 19.5. The number of phenolic OH excluding ortho intramolecular Hbond substituents is 1.